The Hall–Kier alpha value is -3.45. The fourth-order valence-electron chi connectivity index (χ4n) is 4.20. The van der Waals surface area contributed by atoms with Gasteiger partial charge in [0.2, 0.25) is 5.91 Å². The van der Waals surface area contributed by atoms with Crippen molar-refractivity contribution in [1.29, 1.82) is 0 Å². The van der Waals surface area contributed by atoms with Crippen molar-refractivity contribution in [2.75, 3.05) is 13.7 Å². The summed E-state index contributed by atoms with van der Waals surface area (Å²) in [4.78, 5) is 51.9. The second-order valence-corrected chi connectivity index (χ2v) is 8.56. The molecule has 1 aliphatic carbocycles. The Morgan fingerprint density at radius 3 is 2.41 bits per heavy atom. The number of likely N-dealkylation sites (N-methyl/N-ethyl adjacent to an activating group) is 1. The van der Waals surface area contributed by atoms with Crippen LogP contribution in [0.25, 0.3) is 6.08 Å². The number of ketones is 1. The molecule has 1 N–H and O–H groups in total. The molecule has 178 valence electrons. The Kier molecular flexibility index (Phi) is 8.23. The zero-order valence-corrected chi connectivity index (χ0v) is 19.9. The summed E-state index contributed by atoms with van der Waals surface area (Å²) in [5.74, 6) is -1.96. The largest absolute Gasteiger partial charge is 0.451 e. The van der Waals surface area contributed by atoms with Crippen LogP contribution in [-0.4, -0.2) is 42.1 Å². The second-order valence-electron chi connectivity index (χ2n) is 8.15. The highest BCUT2D eigenvalue weighted by Crippen LogP contribution is 2.42. The maximum atomic E-state index is 13.2. The van der Waals surface area contributed by atoms with Crippen molar-refractivity contribution in [1.82, 2.24) is 10.2 Å². The number of nitrogens with zero attached hydrogens (tertiary/aromatic N) is 1. The first-order chi connectivity index (χ1) is 16.3. The van der Waals surface area contributed by atoms with Gasteiger partial charge in [0, 0.05) is 31.0 Å². The molecule has 1 atom stereocenters. The summed E-state index contributed by atoms with van der Waals surface area (Å²) < 4.78 is 5.24. The van der Waals surface area contributed by atoms with E-state index in [1.54, 1.807) is 48.5 Å². The molecule has 0 spiro atoms. The van der Waals surface area contributed by atoms with Gasteiger partial charge in [-0.2, -0.15) is 0 Å². The van der Waals surface area contributed by atoms with Gasteiger partial charge in [0.05, 0.1) is 0 Å². The number of halogens is 1. The minimum absolute atomic E-state index is 0.0938. The summed E-state index contributed by atoms with van der Waals surface area (Å²) in [5, 5.41) is 2.84. The van der Waals surface area contributed by atoms with Crippen LogP contribution in [0.4, 0.5) is 0 Å². The number of rotatable bonds is 7. The van der Waals surface area contributed by atoms with Gasteiger partial charge in [-0.25, -0.2) is 4.79 Å². The van der Waals surface area contributed by atoms with Gasteiger partial charge in [-0.05, 0) is 37.0 Å². The predicted octanol–water partition coefficient (Wildman–Crippen LogP) is 3.86. The van der Waals surface area contributed by atoms with Crippen molar-refractivity contribution in [3.05, 3.63) is 76.4 Å². The fraction of sp³-hybridized carbons (Fsp3) is 0.308. The van der Waals surface area contributed by atoms with Crippen molar-refractivity contribution in [2.45, 2.75) is 38.1 Å². The summed E-state index contributed by atoms with van der Waals surface area (Å²) in [6, 6.07) is 15.9. The van der Waals surface area contributed by atoms with Crippen LogP contribution in [0.2, 0.25) is 5.02 Å². The molecule has 2 amide bonds. The van der Waals surface area contributed by atoms with E-state index in [0.29, 0.717) is 29.0 Å². The lowest BCUT2D eigenvalue weighted by Gasteiger charge is -2.43. The lowest BCUT2D eigenvalue weighted by molar-refractivity contribution is -0.156. The van der Waals surface area contributed by atoms with Crippen LogP contribution >= 0.6 is 11.6 Å². The Balaban J connectivity index is 1.81. The van der Waals surface area contributed by atoms with Gasteiger partial charge in [-0.1, -0.05) is 60.1 Å². The van der Waals surface area contributed by atoms with E-state index in [0.717, 1.165) is 12.8 Å². The molecule has 34 heavy (non-hydrogen) atoms. The minimum Gasteiger partial charge on any atom is -0.451 e. The molecule has 3 rings (SSSR count). The number of amides is 2. The Labute approximate surface area is 203 Å². The van der Waals surface area contributed by atoms with Gasteiger partial charge >= 0.3 is 5.97 Å². The minimum atomic E-state index is -1.22. The van der Waals surface area contributed by atoms with Crippen LogP contribution in [0.15, 0.2) is 60.3 Å². The lowest BCUT2D eigenvalue weighted by Crippen LogP contribution is -2.55. The number of ether oxygens (including phenoxy) is 1. The Morgan fingerprint density at radius 1 is 1.09 bits per heavy atom. The van der Waals surface area contributed by atoms with Gasteiger partial charge in [0.25, 0.3) is 5.91 Å². The van der Waals surface area contributed by atoms with E-state index in [4.69, 9.17) is 16.3 Å². The number of hydrogen-bond acceptors (Lipinski definition) is 5. The predicted molar refractivity (Wildman–Crippen MR) is 129 cm³/mol. The van der Waals surface area contributed by atoms with E-state index in [-0.39, 0.29) is 11.5 Å². The average molecular weight is 483 g/mol. The van der Waals surface area contributed by atoms with Crippen molar-refractivity contribution in [3.8, 4) is 0 Å². The third kappa shape index (κ3) is 5.54. The fourth-order valence-corrected chi connectivity index (χ4v) is 4.49. The summed E-state index contributed by atoms with van der Waals surface area (Å²) in [6.45, 7) is 0.674. The van der Waals surface area contributed by atoms with Crippen molar-refractivity contribution >= 4 is 41.2 Å². The number of benzene rings is 2. The van der Waals surface area contributed by atoms with Gasteiger partial charge in [0.15, 0.2) is 12.4 Å². The molecule has 0 bridgehead atoms. The topological polar surface area (TPSA) is 92.8 Å². The zero-order valence-electron chi connectivity index (χ0n) is 19.2. The van der Waals surface area contributed by atoms with Gasteiger partial charge in [-0.15, -0.1) is 0 Å². The quantitative estimate of drug-likeness (QED) is 0.478. The van der Waals surface area contributed by atoms with E-state index in [1.165, 1.54) is 24.9 Å². The number of hydrogen-bond donors (Lipinski definition) is 1. The van der Waals surface area contributed by atoms with E-state index in [2.05, 4.69) is 5.32 Å². The average Bonchev–Trinajstić information content (AvgIpc) is 2.83. The highest BCUT2D eigenvalue weighted by Gasteiger charge is 2.48. The molecule has 8 heteroatoms. The highest BCUT2D eigenvalue weighted by molar-refractivity contribution is 6.31. The molecule has 0 heterocycles. The monoisotopic (exact) mass is 482 g/mol. The van der Waals surface area contributed by atoms with Crippen LogP contribution in [0.3, 0.4) is 0 Å². The zero-order chi connectivity index (χ0) is 24.7. The molecule has 2 aromatic carbocycles. The van der Waals surface area contributed by atoms with Crippen LogP contribution in [0.5, 0.6) is 0 Å². The molecule has 0 aliphatic heterocycles. The first kappa shape index (κ1) is 25.2. The molecular formula is C26H27ClN2O5. The molecule has 1 aliphatic rings. The van der Waals surface area contributed by atoms with Gasteiger partial charge in [-0.3, -0.25) is 14.4 Å². The van der Waals surface area contributed by atoms with Crippen LogP contribution in [-0.2, 0) is 29.5 Å². The van der Waals surface area contributed by atoms with E-state index >= 15 is 0 Å². The number of Topliss-reactive ketones (excluding diaryl/α,β-unsaturated/α-hetero) is 1. The first-order valence-corrected chi connectivity index (χ1v) is 11.4. The molecule has 2 aromatic rings. The van der Waals surface area contributed by atoms with Gasteiger partial charge < -0.3 is 15.0 Å². The summed E-state index contributed by atoms with van der Waals surface area (Å²) in [5.41, 5.74) is -0.0762. The maximum absolute atomic E-state index is 13.2. The van der Waals surface area contributed by atoms with E-state index < -0.39 is 29.9 Å². The smallest absolute Gasteiger partial charge is 0.355 e. The third-order valence-corrected chi connectivity index (χ3v) is 6.22. The second kappa shape index (κ2) is 11.1. The Bertz CT molecular complexity index is 1120. The Morgan fingerprint density at radius 2 is 1.76 bits per heavy atom. The highest BCUT2D eigenvalue weighted by atomic mass is 35.5. The van der Waals surface area contributed by atoms with Crippen molar-refractivity contribution in [2.24, 2.45) is 0 Å². The first-order valence-electron chi connectivity index (χ1n) is 11.0. The maximum Gasteiger partial charge on any atom is 0.355 e. The van der Waals surface area contributed by atoms with Gasteiger partial charge in [0.1, 0.15) is 11.2 Å². The van der Waals surface area contributed by atoms with Crippen molar-refractivity contribution in [3.63, 3.8) is 0 Å². The molecule has 0 unspecified atom stereocenters. The molecule has 7 nitrogen and oxygen atoms in total. The molecular weight excluding hydrogens is 456 g/mol. The SMILES string of the molecule is CC(=O)N/C(=C/c1ccccc1)C(=O)OCC(=O)N(C)[C@@]1(c2ccccc2Cl)CCCCC1=O. The van der Waals surface area contributed by atoms with Crippen LogP contribution < -0.4 is 5.32 Å². The number of nitrogens with one attached hydrogen (secondary N) is 1. The molecule has 0 aromatic heterocycles. The molecule has 0 radical (unpaired) electrons. The lowest BCUT2D eigenvalue weighted by atomic mass is 9.74. The number of carbonyl (C=O) groups is 4. The summed E-state index contributed by atoms with van der Waals surface area (Å²) in [7, 11) is 1.53. The normalized spacial score (nSPS) is 18.2. The van der Waals surface area contributed by atoms with E-state index in [9.17, 15) is 19.2 Å². The molecule has 0 saturated heterocycles. The molecule has 1 fully saturated rings. The van der Waals surface area contributed by atoms with Crippen LogP contribution in [0.1, 0.15) is 43.7 Å². The van der Waals surface area contributed by atoms with Crippen LogP contribution in [0, 0.1) is 0 Å². The summed E-state index contributed by atoms with van der Waals surface area (Å²) in [6.07, 6.45) is 3.72. The van der Waals surface area contributed by atoms with E-state index in [1.807, 2.05) is 6.07 Å². The standard InChI is InChI=1S/C26H27ClN2O5/c1-18(30)28-22(16-19-10-4-3-5-11-19)25(33)34-17-24(32)29(2)26(15-9-8-14-23(26)31)20-12-6-7-13-21(20)27/h3-7,10-13,16H,8-9,14-15,17H2,1-2H3,(H,28,30)/b22-16+/t26-/m1/s1. The number of esters is 1. The third-order valence-electron chi connectivity index (χ3n) is 5.89. The van der Waals surface area contributed by atoms with Crippen molar-refractivity contribution < 1.29 is 23.9 Å². The number of carbonyl (C=O) groups excluding carboxylic acids is 4. The summed E-state index contributed by atoms with van der Waals surface area (Å²) >= 11 is 6.43. The molecule has 1 saturated carbocycles.